The quantitative estimate of drug-likeness (QED) is 0.312. The molecule has 1 atom stereocenters. The van der Waals surface area contributed by atoms with Crippen molar-refractivity contribution in [2.45, 2.75) is 53.6 Å². The van der Waals surface area contributed by atoms with Crippen molar-refractivity contribution in [2.24, 2.45) is 5.92 Å². The molecule has 1 aliphatic heterocycles. The lowest BCUT2D eigenvalue weighted by Crippen LogP contribution is -2.30. The van der Waals surface area contributed by atoms with Crippen molar-refractivity contribution in [3.8, 4) is 11.5 Å². The summed E-state index contributed by atoms with van der Waals surface area (Å²) in [6.45, 7) is 10.8. The summed E-state index contributed by atoms with van der Waals surface area (Å²) in [6.07, 6.45) is 4.21. The topological polar surface area (TPSA) is 102 Å². The van der Waals surface area contributed by atoms with Crippen LogP contribution in [0.4, 0.5) is 0 Å². The molecule has 1 amide bonds. The van der Waals surface area contributed by atoms with Gasteiger partial charge in [0.25, 0.3) is 5.91 Å². The molecule has 0 radical (unpaired) electrons. The Morgan fingerprint density at radius 3 is 2.61 bits per heavy atom. The van der Waals surface area contributed by atoms with E-state index < -0.39 is 23.5 Å². The van der Waals surface area contributed by atoms with Gasteiger partial charge in [0, 0.05) is 18.9 Å². The van der Waals surface area contributed by atoms with Crippen molar-refractivity contribution in [3.63, 3.8) is 0 Å². The van der Waals surface area contributed by atoms with Crippen LogP contribution in [0.2, 0.25) is 0 Å². The Morgan fingerprint density at radius 2 is 1.97 bits per heavy atom. The normalized spacial score (nSPS) is 15.5. The van der Waals surface area contributed by atoms with E-state index in [0.29, 0.717) is 46.8 Å². The van der Waals surface area contributed by atoms with Crippen molar-refractivity contribution in [1.82, 2.24) is 14.9 Å². The number of amides is 1. The summed E-state index contributed by atoms with van der Waals surface area (Å²) < 4.78 is 11.9. The molecule has 38 heavy (non-hydrogen) atoms. The van der Waals surface area contributed by atoms with Gasteiger partial charge >= 0.3 is 0 Å². The lowest BCUT2D eigenvalue weighted by Gasteiger charge is -2.27. The lowest BCUT2D eigenvalue weighted by molar-refractivity contribution is -0.130. The van der Waals surface area contributed by atoms with Gasteiger partial charge in [-0.1, -0.05) is 26.0 Å². The molecule has 0 fully saturated rings. The fraction of sp³-hybridized carbons (Fsp3) is 0.379. The van der Waals surface area contributed by atoms with Crippen LogP contribution in [0.15, 0.2) is 54.1 Å². The number of thiazole rings is 1. The number of aliphatic hydroxyl groups is 1. The van der Waals surface area contributed by atoms with Gasteiger partial charge in [-0.25, -0.2) is 4.98 Å². The number of hydrogen-bond acceptors (Lipinski definition) is 8. The van der Waals surface area contributed by atoms with Crippen molar-refractivity contribution in [2.75, 3.05) is 13.2 Å². The predicted octanol–water partition coefficient (Wildman–Crippen LogP) is 5.76. The average Bonchev–Trinajstić information content (AvgIpc) is 3.35. The van der Waals surface area contributed by atoms with Crippen LogP contribution in [0, 0.1) is 19.8 Å². The van der Waals surface area contributed by atoms with Gasteiger partial charge in [-0.05, 0) is 62.4 Å². The number of pyridine rings is 1. The highest BCUT2D eigenvalue weighted by Crippen LogP contribution is 2.43. The molecule has 0 aliphatic carbocycles. The zero-order valence-corrected chi connectivity index (χ0v) is 23.2. The van der Waals surface area contributed by atoms with E-state index in [0.717, 1.165) is 17.0 Å². The second-order valence-electron chi connectivity index (χ2n) is 9.61. The van der Waals surface area contributed by atoms with Gasteiger partial charge in [0.1, 0.15) is 0 Å². The molecule has 0 bridgehead atoms. The van der Waals surface area contributed by atoms with Gasteiger partial charge in [0.15, 0.2) is 17.3 Å². The standard InChI is InChI=1S/C29H33N3O5S/c1-6-36-23-14-21(9-10-22(23)37-13-11-17(2)3)25-24(26(33)28-18(4)31-19(5)38-28)27(34)29(35)32(25)16-20-8-7-12-30-15-20/h7-10,12,14-15,17,25,34H,6,11,13,16H2,1-5H3. The van der Waals surface area contributed by atoms with Crippen molar-refractivity contribution in [1.29, 1.82) is 0 Å². The minimum atomic E-state index is -0.832. The third-order valence-electron chi connectivity index (χ3n) is 6.27. The first-order valence-electron chi connectivity index (χ1n) is 12.7. The van der Waals surface area contributed by atoms with Crippen LogP contribution in [0.5, 0.6) is 11.5 Å². The fourth-order valence-corrected chi connectivity index (χ4v) is 5.31. The number of Topliss-reactive ketones (excluding diaryl/α,β-unsaturated/α-hetero) is 1. The van der Waals surface area contributed by atoms with Crippen LogP contribution in [-0.2, 0) is 11.3 Å². The Balaban J connectivity index is 1.78. The average molecular weight is 536 g/mol. The minimum Gasteiger partial charge on any atom is -0.503 e. The van der Waals surface area contributed by atoms with Crippen LogP contribution < -0.4 is 9.47 Å². The van der Waals surface area contributed by atoms with E-state index in [-0.39, 0.29) is 12.1 Å². The van der Waals surface area contributed by atoms with E-state index in [2.05, 4.69) is 23.8 Å². The Bertz CT molecular complexity index is 1350. The Kier molecular flexibility index (Phi) is 8.46. The SMILES string of the molecule is CCOc1cc(C2C(C(=O)c3sc(C)nc3C)=C(O)C(=O)N2Cc2cccnc2)ccc1OCCC(C)C. The first-order valence-corrected chi connectivity index (χ1v) is 13.5. The number of ether oxygens (including phenoxy) is 2. The van der Waals surface area contributed by atoms with E-state index >= 15 is 0 Å². The number of carbonyl (C=O) groups is 2. The first-order chi connectivity index (χ1) is 18.2. The van der Waals surface area contributed by atoms with Crippen LogP contribution in [0.3, 0.4) is 0 Å². The largest absolute Gasteiger partial charge is 0.503 e. The Labute approximate surface area is 227 Å². The molecule has 0 saturated heterocycles. The fourth-order valence-electron chi connectivity index (χ4n) is 4.43. The second kappa shape index (κ2) is 11.8. The number of rotatable bonds is 11. The Morgan fingerprint density at radius 1 is 1.18 bits per heavy atom. The van der Waals surface area contributed by atoms with Gasteiger partial charge < -0.3 is 19.5 Å². The molecule has 1 aromatic carbocycles. The van der Waals surface area contributed by atoms with Crippen LogP contribution in [0.1, 0.15) is 64.7 Å². The summed E-state index contributed by atoms with van der Waals surface area (Å²) in [7, 11) is 0. The lowest BCUT2D eigenvalue weighted by atomic mass is 9.94. The molecule has 1 unspecified atom stereocenters. The van der Waals surface area contributed by atoms with Crippen molar-refractivity contribution >= 4 is 23.0 Å². The van der Waals surface area contributed by atoms with Crippen molar-refractivity contribution < 1.29 is 24.2 Å². The van der Waals surface area contributed by atoms with Crippen LogP contribution >= 0.6 is 11.3 Å². The number of hydrogen-bond donors (Lipinski definition) is 1. The summed E-state index contributed by atoms with van der Waals surface area (Å²) >= 11 is 1.25. The number of aryl methyl sites for hydroxylation is 2. The van der Waals surface area contributed by atoms with E-state index in [1.54, 1.807) is 37.5 Å². The van der Waals surface area contributed by atoms with Gasteiger partial charge in [-0.3, -0.25) is 14.6 Å². The monoisotopic (exact) mass is 535 g/mol. The number of ketones is 1. The number of nitrogens with zero attached hydrogens (tertiary/aromatic N) is 3. The van der Waals surface area contributed by atoms with E-state index in [1.807, 2.05) is 26.0 Å². The molecule has 0 saturated carbocycles. The van der Waals surface area contributed by atoms with E-state index in [9.17, 15) is 14.7 Å². The minimum absolute atomic E-state index is 0.0292. The van der Waals surface area contributed by atoms with Crippen LogP contribution in [-0.4, -0.2) is 44.9 Å². The molecular weight excluding hydrogens is 502 g/mol. The smallest absolute Gasteiger partial charge is 0.290 e. The predicted molar refractivity (Wildman–Crippen MR) is 146 cm³/mol. The van der Waals surface area contributed by atoms with Gasteiger partial charge in [-0.15, -0.1) is 11.3 Å². The number of aromatic nitrogens is 2. The third-order valence-corrected chi connectivity index (χ3v) is 7.34. The number of carbonyl (C=O) groups excluding carboxylic acids is 2. The maximum absolute atomic E-state index is 13.8. The van der Waals surface area contributed by atoms with E-state index in [1.165, 1.54) is 16.2 Å². The highest BCUT2D eigenvalue weighted by atomic mass is 32.1. The van der Waals surface area contributed by atoms with Crippen molar-refractivity contribution in [3.05, 3.63) is 80.8 Å². The first kappa shape index (κ1) is 27.3. The van der Waals surface area contributed by atoms with Gasteiger partial charge in [0.2, 0.25) is 5.78 Å². The molecule has 1 N–H and O–H groups in total. The van der Waals surface area contributed by atoms with Gasteiger partial charge in [-0.2, -0.15) is 0 Å². The summed E-state index contributed by atoms with van der Waals surface area (Å²) in [5.41, 5.74) is 2.00. The second-order valence-corrected chi connectivity index (χ2v) is 10.8. The molecule has 0 spiro atoms. The Hall–Kier alpha value is -3.72. The molecular formula is C29H33N3O5S. The summed E-state index contributed by atoms with van der Waals surface area (Å²) in [4.78, 5) is 37.6. The summed E-state index contributed by atoms with van der Waals surface area (Å²) in [6, 6.07) is 8.21. The molecule has 3 aromatic rings. The summed E-state index contributed by atoms with van der Waals surface area (Å²) in [5.74, 6) is 0.0320. The number of aliphatic hydroxyl groups excluding tert-OH is 1. The third kappa shape index (κ3) is 5.72. The van der Waals surface area contributed by atoms with Gasteiger partial charge in [0.05, 0.1) is 40.4 Å². The molecule has 9 heteroatoms. The molecule has 3 heterocycles. The molecule has 2 aromatic heterocycles. The maximum Gasteiger partial charge on any atom is 0.290 e. The molecule has 1 aliphatic rings. The number of benzene rings is 1. The zero-order valence-electron chi connectivity index (χ0n) is 22.4. The molecule has 8 nitrogen and oxygen atoms in total. The zero-order chi connectivity index (χ0) is 27.4. The maximum atomic E-state index is 13.8. The molecule has 4 rings (SSSR count). The summed E-state index contributed by atoms with van der Waals surface area (Å²) in [5, 5.41) is 11.8. The highest BCUT2D eigenvalue weighted by Gasteiger charge is 2.44. The van der Waals surface area contributed by atoms with E-state index in [4.69, 9.17) is 9.47 Å². The van der Waals surface area contributed by atoms with Crippen LogP contribution in [0.25, 0.3) is 0 Å². The highest BCUT2D eigenvalue weighted by molar-refractivity contribution is 7.14. The molecule has 200 valence electrons.